The number of aryl methyl sites for hydroxylation is 1. The number of pyridine rings is 1. The van der Waals surface area contributed by atoms with Crippen LogP contribution in [-0.2, 0) is 13.5 Å². The number of nitrogens with zero attached hydrogens (tertiary/aromatic N) is 2. The third kappa shape index (κ3) is 2.13. The van der Waals surface area contributed by atoms with Crippen molar-refractivity contribution < 1.29 is 4.79 Å². The van der Waals surface area contributed by atoms with Crippen molar-refractivity contribution in [1.29, 1.82) is 0 Å². The van der Waals surface area contributed by atoms with Crippen LogP contribution in [0.1, 0.15) is 40.5 Å². The van der Waals surface area contributed by atoms with E-state index < -0.39 is 0 Å². The molecule has 1 unspecified atom stereocenters. The van der Waals surface area contributed by atoms with E-state index in [0.29, 0.717) is 0 Å². The normalized spacial score (nSPS) is 17.6. The van der Waals surface area contributed by atoms with Crippen molar-refractivity contribution in [2.75, 3.05) is 0 Å². The number of rotatable bonds is 2. The number of aromatic amines is 1. The van der Waals surface area contributed by atoms with Gasteiger partial charge in [0.1, 0.15) is 5.56 Å². The Labute approximate surface area is 115 Å². The summed E-state index contributed by atoms with van der Waals surface area (Å²) >= 11 is 0. The molecular formula is C14H16N4O2. The third-order valence-electron chi connectivity index (χ3n) is 3.75. The van der Waals surface area contributed by atoms with Crippen molar-refractivity contribution in [1.82, 2.24) is 20.1 Å². The van der Waals surface area contributed by atoms with Gasteiger partial charge in [-0.15, -0.1) is 0 Å². The second-order valence-electron chi connectivity index (χ2n) is 5.01. The Hall–Kier alpha value is -2.37. The first-order valence-electron chi connectivity index (χ1n) is 6.65. The molecule has 0 saturated carbocycles. The van der Waals surface area contributed by atoms with E-state index >= 15 is 0 Å². The number of hydrogen-bond donors (Lipinski definition) is 2. The van der Waals surface area contributed by atoms with E-state index in [0.717, 1.165) is 30.5 Å². The Balaban J connectivity index is 1.84. The van der Waals surface area contributed by atoms with E-state index in [2.05, 4.69) is 15.4 Å². The minimum Gasteiger partial charge on any atom is -0.367 e. The average Bonchev–Trinajstić information content (AvgIpc) is 2.82. The standard InChI is InChI=1S/C14H16N4O2/c1-18-12-4-2-3-11(9(12)8-16-18)17-14(20)10-7-15-6-5-13(10)19/h5-8,11H,2-4H2,1H3,(H,15,19)(H,17,20). The molecule has 3 rings (SSSR count). The molecule has 0 fully saturated rings. The van der Waals surface area contributed by atoms with E-state index in [4.69, 9.17) is 0 Å². The van der Waals surface area contributed by atoms with Crippen LogP contribution in [0, 0.1) is 0 Å². The summed E-state index contributed by atoms with van der Waals surface area (Å²) in [5.74, 6) is -0.339. The molecule has 2 heterocycles. The second-order valence-corrected chi connectivity index (χ2v) is 5.01. The van der Waals surface area contributed by atoms with Crippen LogP contribution in [0.3, 0.4) is 0 Å². The lowest BCUT2D eigenvalue weighted by molar-refractivity contribution is 0.0931. The molecule has 0 radical (unpaired) electrons. The quantitative estimate of drug-likeness (QED) is 0.853. The van der Waals surface area contributed by atoms with Crippen molar-refractivity contribution >= 4 is 5.91 Å². The molecule has 2 aromatic heterocycles. The van der Waals surface area contributed by atoms with Crippen molar-refractivity contribution in [2.24, 2.45) is 7.05 Å². The van der Waals surface area contributed by atoms with E-state index in [-0.39, 0.29) is 22.9 Å². The minimum absolute atomic E-state index is 0.0699. The molecule has 0 aliphatic heterocycles. The Bertz CT molecular complexity index is 701. The zero-order valence-corrected chi connectivity index (χ0v) is 11.2. The third-order valence-corrected chi connectivity index (χ3v) is 3.75. The number of carbonyl (C=O) groups excluding carboxylic acids is 1. The Kier molecular flexibility index (Phi) is 3.14. The van der Waals surface area contributed by atoms with Crippen LogP contribution in [0.15, 0.2) is 29.5 Å². The van der Waals surface area contributed by atoms with Gasteiger partial charge in [-0.05, 0) is 19.3 Å². The van der Waals surface area contributed by atoms with Crippen LogP contribution in [0.25, 0.3) is 0 Å². The number of amides is 1. The molecule has 0 saturated heterocycles. The molecule has 20 heavy (non-hydrogen) atoms. The number of nitrogens with one attached hydrogen (secondary N) is 2. The summed E-state index contributed by atoms with van der Waals surface area (Å²) < 4.78 is 1.85. The highest BCUT2D eigenvalue weighted by Gasteiger charge is 2.25. The maximum absolute atomic E-state index is 12.2. The smallest absolute Gasteiger partial charge is 0.257 e. The second kappa shape index (κ2) is 4.96. The highest BCUT2D eigenvalue weighted by molar-refractivity contribution is 5.94. The van der Waals surface area contributed by atoms with Crippen LogP contribution in [0.2, 0.25) is 0 Å². The van der Waals surface area contributed by atoms with Gasteiger partial charge in [0.05, 0.1) is 12.2 Å². The summed E-state index contributed by atoms with van der Waals surface area (Å²) in [7, 11) is 1.91. The molecule has 0 aromatic carbocycles. The molecule has 0 spiro atoms. The van der Waals surface area contributed by atoms with Crippen LogP contribution in [-0.4, -0.2) is 20.7 Å². The maximum Gasteiger partial charge on any atom is 0.257 e. The Morgan fingerprint density at radius 3 is 3.20 bits per heavy atom. The molecule has 0 bridgehead atoms. The minimum atomic E-state index is -0.339. The van der Waals surface area contributed by atoms with Crippen LogP contribution < -0.4 is 10.7 Å². The largest absolute Gasteiger partial charge is 0.367 e. The van der Waals surface area contributed by atoms with Gasteiger partial charge in [-0.2, -0.15) is 5.10 Å². The van der Waals surface area contributed by atoms with Crippen LogP contribution in [0.5, 0.6) is 0 Å². The highest BCUT2D eigenvalue weighted by atomic mass is 16.2. The lowest BCUT2D eigenvalue weighted by Crippen LogP contribution is -2.33. The van der Waals surface area contributed by atoms with Crippen molar-refractivity contribution in [3.05, 3.63) is 51.7 Å². The molecule has 104 valence electrons. The van der Waals surface area contributed by atoms with Gasteiger partial charge in [0.15, 0.2) is 5.43 Å². The van der Waals surface area contributed by atoms with Gasteiger partial charge >= 0.3 is 0 Å². The summed E-state index contributed by atoms with van der Waals surface area (Å²) in [5.41, 5.74) is 2.08. The van der Waals surface area contributed by atoms with Gasteiger partial charge in [0.2, 0.25) is 0 Å². The SMILES string of the molecule is Cn1ncc2c1CCCC2NC(=O)c1c[nH]ccc1=O. The molecule has 1 atom stereocenters. The summed E-state index contributed by atoms with van der Waals surface area (Å²) in [6.07, 6.45) is 7.60. The predicted molar refractivity (Wildman–Crippen MR) is 73.4 cm³/mol. The first-order valence-corrected chi connectivity index (χ1v) is 6.65. The van der Waals surface area contributed by atoms with Crippen molar-refractivity contribution in [3.8, 4) is 0 Å². The summed E-state index contributed by atoms with van der Waals surface area (Å²) in [6, 6.07) is 1.28. The molecule has 1 aliphatic carbocycles. The van der Waals surface area contributed by atoms with Crippen LogP contribution in [0.4, 0.5) is 0 Å². The Morgan fingerprint density at radius 1 is 1.55 bits per heavy atom. The number of hydrogen-bond acceptors (Lipinski definition) is 3. The lowest BCUT2D eigenvalue weighted by atomic mass is 9.93. The monoisotopic (exact) mass is 272 g/mol. The van der Waals surface area contributed by atoms with Crippen molar-refractivity contribution in [3.63, 3.8) is 0 Å². The van der Waals surface area contributed by atoms with Gasteiger partial charge < -0.3 is 10.3 Å². The molecule has 2 aromatic rings. The van der Waals surface area contributed by atoms with E-state index in [1.807, 2.05) is 11.7 Å². The average molecular weight is 272 g/mol. The zero-order valence-electron chi connectivity index (χ0n) is 11.2. The highest BCUT2D eigenvalue weighted by Crippen LogP contribution is 2.29. The summed E-state index contributed by atoms with van der Waals surface area (Å²) in [5, 5.41) is 7.18. The number of H-pyrrole nitrogens is 1. The van der Waals surface area contributed by atoms with Gasteiger partial charge in [-0.25, -0.2) is 0 Å². The van der Waals surface area contributed by atoms with Gasteiger partial charge in [-0.1, -0.05) is 0 Å². The predicted octanol–water partition coefficient (Wildman–Crippen LogP) is 0.916. The fraction of sp³-hybridized carbons (Fsp3) is 0.357. The molecule has 2 N–H and O–H groups in total. The van der Waals surface area contributed by atoms with Crippen molar-refractivity contribution in [2.45, 2.75) is 25.3 Å². The molecular weight excluding hydrogens is 256 g/mol. The van der Waals surface area contributed by atoms with Gasteiger partial charge in [0, 0.05) is 36.8 Å². The summed E-state index contributed by atoms with van der Waals surface area (Å²) in [4.78, 5) is 26.6. The first kappa shape index (κ1) is 12.7. The maximum atomic E-state index is 12.2. The topological polar surface area (TPSA) is 79.8 Å². The molecule has 6 nitrogen and oxygen atoms in total. The number of carbonyl (C=O) groups is 1. The van der Waals surface area contributed by atoms with Gasteiger partial charge in [0.25, 0.3) is 5.91 Å². The fourth-order valence-electron chi connectivity index (χ4n) is 2.69. The number of fused-ring (bicyclic) bond motifs is 1. The van der Waals surface area contributed by atoms with E-state index in [9.17, 15) is 9.59 Å². The van der Waals surface area contributed by atoms with E-state index in [1.54, 1.807) is 6.20 Å². The number of aromatic nitrogens is 3. The lowest BCUT2D eigenvalue weighted by Gasteiger charge is -2.23. The zero-order chi connectivity index (χ0) is 14.1. The molecule has 1 amide bonds. The molecule has 1 aliphatic rings. The fourth-order valence-corrected chi connectivity index (χ4v) is 2.69. The van der Waals surface area contributed by atoms with Gasteiger partial charge in [-0.3, -0.25) is 14.3 Å². The molecule has 6 heteroatoms. The van der Waals surface area contributed by atoms with Crippen LogP contribution >= 0.6 is 0 Å². The Morgan fingerprint density at radius 2 is 2.40 bits per heavy atom. The summed E-state index contributed by atoms with van der Waals surface area (Å²) in [6.45, 7) is 0. The van der Waals surface area contributed by atoms with E-state index in [1.165, 1.54) is 18.5 Å². The first-order chi connectivity index (χ1) is 9.66.